The molecule has 0 aliphatic carbocycles. The molecule has 0 bridgehead atoms. The quantitative estimate of drug-likeness (QED) is 0.846. The number of imidazole rings is 1. The first-order valence-corrected chi connectivity index (χ1v) is 5.40. The van der Waals surface area contributed by atoms with E-state index in [1.165, 1.54) is 4.57 Å². The third kappa shape index (κ3) is 1.93. The van der Waals surface area contributed by atoms with Gasteiger partial charge in [-0.25, -0.2) is 4.98 Å². The Balaban J connectivity index is 2.47. The van der Waals surface area contributed by atoms with Crippen LogP contribution in [-0.2, 0) is 25.7 Å². The number of hydrogen-bond donors (Lipinski definition) is 1. The van der Waals surface area contributed by atoms with Crippen LogP contribution in [0.15, 0.2) is 0 Å². The summed E-state index contributed by atoms with van der Waals surface area (Å²) in [4.78, 5) is 3.72. The first-order valence-electron chi connectivity index (χ1n) is 5.40. The zero-order valence-electron chi connectivity index (χ0n) is 9.06. The van der Waals surface area contributed by atoms with Crippen LogP contribution in [0.5, 0.6) is 0 Å². The van der Waals surface area contributed by atoms with Gasteiger partial charge in [0.15, 0.2) is 0 Å². The fourth-order valence-electron chi connectivity index (χ4n) is 2.05. The summed E-state index contributed by atoms with van der Waals surface area (Å²) >= 11 is 0. The van der Waals surface area contributed by atoms with Crippen molar-refractivity contribution in [2.75, 3.05) is 6.54 Å². The van der Waals surface area contributed by atoms with Crippen molar-refractivity contribution in [1.29, 1.82) is 0 Å². The molecule has 1 aliphatic rings. The molecule has 3 nitrogen and oxygen atoms in total. The van der Waals surface area contributed by atoms with Gasteiger partial charge in [-0.3, -0.25) is 0 Å². The van der Waals surface area contributed by atoms with Crippen LogP contribution in [0.2, 0.25) is 0 Å². The smallest absolute Gasteiger partial charge is 0.324 e. The van der Waals surface area contributed by atoms with E-state index in [-0.39, 0.29) is 0 Å². The van der Waals surface area contributed by atoms with E-state index >= 15 is 0 Å². The fourth-order valence-corrected chi connectivity index (χ4v) is 2.05. The van der Waals surface area contributed by atoms with Crippen molar-refractivity contribution in [3.8, 4) is 0 Å². The standard InChI is InChI=1S/C10H14F3N3/c1-2-5-16-8-3-4-14-6-7(8)15-9(16)10(11,12)13/h14H,2-6H2,1H3. The minimum Gasteiger partial charge on any atom is -0.324 e. The second-order valence-corrected chi connectivity index (χ2v) is 3.90. The SMILES string of the molecule is CCCn1c(C(F)(F)F)nc2c1CCNC2. The molecular formula is C10H14F3N3. The number of alkyl halides is 3. The molecule has 90 valence electrons. The van der Waals surface area contributed by atoms with Gasteiger partial charge in [0.05, 0.1) is 5.69 Å². The number of rotatable bonds is 2. The summed E-state index contributed by atoms with van der Waals surface area (Å²) in [6.07, 6.45) is -3.05. The van der Waals surface area contributed by atoms with Crippen molar-refractivity contribution in [2.45, 2.75) is 39.0 Å². The van der Waals surface area contributed by atoms with Gasteiger partial charge in [-0.15, -0.1) is 0 Å². The minimum atomic E-state index is -4.35. The Labute approximate surface area is 91.7 Å². The highest BCUT2D eigenvalue weighted by Crippen LogP contribution is 2.31. The van der Waals surface area contributed by atoms with Crippen LogP contribution < -0.4 is 5.32 Å². The van der Waals surface area contributed by atoms with Gasteiger partial charge in [-0.1, -0.05) is 6.92 Å². The van der Waals surface area contributed by atoms with Crippen LogP contribution in [0.4, 0.5) is 13.2 Å². The van der Waals surface area contributed by atoms with Gasteiger partial charge in [0.2, 0.25) is 5.82 Å². The van der Waals surface area contributed by atoms with Crippen molar-refractivity contribution >= 4 is 0 Å². The molecule has 0 amide bonds. The Kier molecular flexibility index (Phi) is 2.92. The van der Waals surface area contributed by atoms with E-state index in [1.807, 2.05) is 6.92 Å². The van der Waals surface area contributed by atoms with Crippen LogP contribution >= 0.6 is 0 Å². The highest BCUT2D eigenvalue weighted by molar-refractivity contribution is 5.21. The van der Waals surface area contributed by atoms with Crippen LogP contribution in [-0.4, -0.2) is 16.1 Å². The molecule has 0 spiro atoms. The Morgan fingerprint density at radius 1 is 1.44 bits per heavy atom. The van der Waals surface area contributed by atoms with Crippen molar-refractivity contribution in [1.82, 2.24) is 14.9 Å². The zero-order chi connectivity index (χ0) is 11.8. The monoisotopic (exact) mass is 233 g/mol. The van der Waals surface area contributed by atoms with E-state index in [9.17, 15) is 13.2 Å². The lowest BCUT2D eigenvalue weighted by molar-refractivity contribution is -0.147. The van der Waals surface area contributed by atoms with Gasteiger partial charge in [-0.05, 0) is 6.42 Å². The van der Waals surface area contributed by atoms with E-state index in [0.717, 1.165) is 12.2 Å². The Hall–Kier alpha value is -1.04. The number of hydrogen-bond acceptors (Lipinski definition) is 2. The molecular weight excluding hydrogens is 219 g/mol. The largest absolute Gasteiger partial charge is 0.449 e. The van der Waals surface area contributed by atoms with Gasteiger partial charge in [-0.2, -0.15) is 13.2 Å². The van der Waals surface area contributed by atoms with E-state index in [0.29, 0.717) is 31.6 Å². The van der Waals surface area contributed by atoms with Gasteiger partial charge in [0.1, 0.15) is 0 Å². The highest BCUT2D eigenvalue weighted by atomic mass is 19.4. The van der Waals surface area contributed by atoms with E-state index < -0.39 is 12.0 Å². The molecule has 0 fully saturated rings. The van der Waals surface area contributed by atoms with E-state index in [4.69, 9.17) is 0 Å². The van der Waals surface area contributed by atoms with Crippen LogP contribution in [0.1, 0.15) is 30.6 Å². The third-order valence-corrected chi connectivity index (χ3v) is 2.69. The van der Waals surface area contributed by atoms with E-state index in [1.54, 1.807) is 0 Å². The van der Waals surface area contributed by atoms with Crippen molar-refractivity contribution in [2.24, 2.45) is 0 Å². The molecule has 1 N–H and O–H groups in total. The molecule has 2 heterocycles. The molecule has 0 saturated heterocycles. The molecule has 0 unspecified atom stereocenters. The molecule has 2 rings (SSSR count). The second kappa shape index (κ2) is 4.08. The van der Waals surface area contributed by atoms with Crippen molar-refractivity contribution in [3.63, 3.8) is 0 Å². The Bertz CT molecular complexity index is 381. The maximum absolute atomic E-state index is 12.8. The van der Waals surface area contributed by atoms with Gasteiger partial charge in [0.25, 0.3) is 0 Å². The maximum atomic E-state index is 12.8. The maximum Gasteiger partial charge on any atom is 0.449 e. The third-order valence-electron chi connectivity index (χ3n) is 2.69. The predicted molar refractivity (Wildman–Crippen MR) is 52.9 cm³/mol. The molecule has 0 atom stereocenters. The average molecular weight is 233 g/mol. The van der Waals surface area contributed by atoms with Crippen LogP contribution in [0.25, 0.3) is 0 Å². The molecule has 0 saturated carbocycles. The fraction of sp³-hybridized carbons (Fsp3) is 0.700. The van der Waals surface area contributed by atoms with E-state index in [2.05, 4.69) is 10.3 Å². The first kappa shape index (κ1) is 11.4. The lowest BCUT2D eigenvalue weighted by Crippen LogP contribution is -2.25. The van der Waals surface area contributed by atoms with Crippen molar-refractivity contribution < 1.29 is 13.2 Å². The summed E-state index contributed by atoms with van der Waals surface area (Å²) in [5.74, 6) is -0.747. The zero-order valence-corrected chi connectivity index (χ0v) is 9.06. The predicted octanol–water partition coefficient (Wildman–Crippen LogP) is 1.96. The molecule has 0 radical (unpaired) electrons. The number of halogens is 3. The summed E-state index contributed by atoms with van der Waals surface area (Å²) < 4.78 is 39.6. The number of nitrogens with zero attached hydrogens (tertiary/aromatic N) is 2. The first-order chi connectivity index (χ1) is 7.54. The summed E-state index contributed by atoms with van der Waals surface area (Å²) in [5, 5.41) is 3.03. The average Bonchev–Trinajstić information content (AvgIpc) is 2.58. The summed E-state index contributed by atoms with van der Waals surface area (Å²) in [6.45, 7) is 3.42. The molecule has 1 aromatic rings. The molecule has 16 heavy (non-hydrogen) atoms. The molecule has 6 heteroatoms. The van der Waals surface area contributed by atoms with Crippen LogP contribution in [0.3, 0.4) is 0 Å². The lowest BCUT2D eigenvalue weighted by atomic mass is 10.2. The highest BCUT2D eigenvalue weighted by Gasteiger charge is 2.38. The van der Waals surface area contributed by atoms with Gasteiger partial charge in [0, 0.05) is 31.7 Å². The number of nitrogens with one attached hydrogen (secondary N) is 1. The molecule has 1 aromatic heterocycles. The Morgan fingerprint density at radius 2 is 2.19 bits per heavy atom. The molecule has 1 aliphatic heterocycles. The summed E-state index contributed by atoms with van der Waals surface area (Å²) in [7, 11) is 0. The second-order valence-electron chi connectivity index (χ2n) is 3.90. The van der Waals surface area contributed by atoms with Gasteiger partial charge >= 0.3 is 6.18 Å². The Morgan fingerprint density at radius 3 is 2.81 bits per heavy atom. The number of fused-ring (bicyclic) bond motifs is 1. The van der Waals surface area contributed by atoms with Crippen molar-refractivity contribution in [3.05, 3.63) is 17.2 Å². The van der Waals surface area contributed by atoms with Crippen LogP contribution in [0, 0.1) is 0 Å². The van der Waals surface area contributed by atoms with Gasteiger partial charge < -0.3 is 9.88 Å². The molecule has 0 aromatic carbocycles. The number of aromatic nitrogens is 2. The normalized spacial score (nSPS) is 16.2. The summed E-state index contributed by atoms with van der Waals surface area (Å²) in [6, 6.07) is 0. The topological polar surface area (TPSA) is 29.9 Å². The minimum absolute atomic E-state index is 0.386. The summed E-state index contributed by atoms with van der Waals surface area (Å²) in [5.41, 5.74) is 1.29. The lowest BCUT2D eigenvalue weighted by Gasteiger charge is -2.16.